The molecule has 0 aromatic carbocycles. The molecule has 49 heavy (non-hydrogen) atoms. The molecule has 0 amide bonds. The Morgan fingerprint density at radius 2 is 0.551 bits per heavy atom. The second kappa shape index (κ2) is 41.9. The van der Waals surface area contributed by atoms with Crippen molar-refractivity contribution >= 4 is 6.29 Å². The average molecular weight is 697 g/mol. The molecule has 0 radical (unpaired) electrons. The van der Waals surface area contributed by atoms with Crippen LogP contribution < -0.4 is 0 Å². The standard InChI is InChI=1S/C44H88O5/c1-4-7-10-13-16-19-22-25-28-31-36-46-40-44(43-49-39-34-35-45,41-47-37-32-29-26-23-20-17-14-11-8-5-2)42-48-38-33-30-27-24-21-18-15-12-9-6-3/h35H,4-34,36-43H2,1-3H3. The van der Waals surface area contributed by atoms with Gasteiger partial charge in [0.15, 0.2) is 0 Å². The number of aldehydes is 1. The van der Waals surface area contributed by atoms with E-state index in [1.165, 1.54) is 173 Å². The number of rotatable bonds is 44. The number of hydrogen-bond donors (Lipinski definition) is 0. The molecule has 0 saturated carbocycles. The van der Waals surface area contributed by atoms with E-state index < -0.39 is 0 Å². The van der Waals surface area contributed by atoms with Gasteiger partial charge in [-0.15, -0.1) is 0 Å². The Balaban J connectivity index is 4.63. The van der Waals surface area contributed by atoms with Gasteiger partial charge in [0.25, 0.3) is 0 Å². The molecule has 0 heterocycles. The van der Waals surface area contributed by atoms with Crippen LogP contribution in [-0.2, 0) is 23.7 Å². The Hall–Kier alpha value is -0.490. The fraction of sp³-hybridized carbons (Fsp3) is 0.977. The molecule has 0 aliphatic heterocycles. The van der Waals surface area contributed by atoms with Gasteiger partial charge in [-0.2, -0.15) is 0 Å². The van der Waals surface area contributed by atoms with Crippen molar-refractivity contribution in [2.75, 3.05) is 52.9 Å². The molecule has 0 N–H and O–H groups in total. The second-order valence-electron chi connectivity index (χ2n) is 15.2. The van der Waals surface area contributed by atoms with E-state index in [0.29, 0.717) is 39.5 Å². The molecule has 0 saturated heterocycles. The fourth-order valence-corrected chi connectivity index (χ4v) is 6.61. The van der Waals surface area contributed by atoms with Gasteiger partial charge in [-0.25, -0.2) is 0 Å². The zero-order valence-corrected chi connectivity index (χ0v) is 33.7. The summed E-state index contributed by atoms with van der Waals surface area (Å²) >= 11 is 0. The molecule has 0 spiro atoms. The lowest BCUT2D eigenvalue weighted by molar-refractivity contribution is -0.115. The molecule has 0 unspecified atom stereocenters. The van der Waals surface area contributed by atoms with E-state index in [4.69, 9.17) is 18.9 Å². The van der Waals surface area contributed by atoms with Crippen LogP contribution in [0.2, 0.25) is 0 Å². The zero-order chi connectivity index (χ0) is 35.6. The highest BCUT2D eigenvalue weighted by Crippen LogP contribution is 2.23. The predicted molar refractivity (Wildman–Crippen MR) is 212 cm³/mol. The highest BCUT2D eigenvalue weighted by atomic mass is 16.5. The van der Waals surface area contributed by atoms with Gasteiger partial charge in [0.1, 0.15) is 6.29 Å². The molecule has 5 nitrogen and oxygen atoms in total. The monoisotopic (exact) mass is 697 g/mol. The van der Waals surface area contributed by atoms with Gasteiger partial charge in [0, 0.05) is 26.2 Å². The molecule has 294 valence electrons. The van der Waals surface area contributed by atoms with Gasteiger partial charge in [-0.05, 0) is 19.3 Å². The van der Waals surface area contributed by atoms with E-state index in [9.17, 15) is 4.79 Å². The van der Waals surface area contributed by atoms with Crippen LogP contribution in [0.15, 0.2) is 0 Å². The lowest BCUT2D eigenvalue weighted by atomic mass is 9.92. The van der Waals surface area contributed by atoms with E-state index in [-0.39, 0.29) is 5.41 Å². The first-order chi connectivity index (χ1) is 24.2. The number of hydrogen-bond acceptors (Lipinski definition) is 5. The highest BCUT2D eigenvalue weighted by Gasteiger charge is 2.32. The van der Waals surface area contributed by atoms with Gasteiger partial charge in [0.05, 0.1) is 38.4 Å². The molecule has 0 fully saturated rings. The molecular formula is C44H88O5. The van der Waals surface area contributed by atoms with Crippen molar-refractivity contribution in [2.45, 2.75) is 220 Å². The maximum atomic E-state index is 11.0. The maximum Gasteiger partial charge on any atom is 0.122 e. The first-order valence-electron chi connectivity index (χ1n) is 22.0. The quantitative estimate of drug-likeness (QED) is 0.0469. The van der Waals surface area contributed by atoms with Crippen molar-refractivity contribution in [1.82, 2.24) is 0 Å². The van der Waals surface area contributed by atoms with Crippen LogP contribution in [0, 0.1) is 5.41 Å². The SMILES string of the molecule is CCCCCCCCCCCCOCC(COCCC=O)(COCCCCCCCCCCCC)COCCCCCCCCCCCC. The molecular weight excluding hydrogens is 608 g/mol. The highest BCUT2D eigenvalue weighted by molar-refractivity contribution is 5.49. The Labute approximate surface area is 307 Å². The van der Waals surface area contributed by atoms with E-state index in [1.54, 1.807) is 0 Å². The van der Waals surface area contributed by atoms with Crippen molar-refractivity contribution in [3.05, 3.63) is 0 Å². The van der Waals surface area contributed by atoms with Crippen molar-refractivity contribution in [2.24, 2.45) is 5.41 Å². The normalized spacial score (nSPS) is 11.9. The molecule has 5 heteroatoms. The van der Waals surface area contributed by atoms with Crippen LogP contribution in [0.5, 0.6) is 0 Å². The summed E-state index contributed by atoms with van der Waals surface area (Å²) in [7, 11) is 0. The van der Waals surface area contributed by atoms with Gasteiger partial charge < -0.3 is 23.7 Å². The van der Waals surface area contributed by atoms with Gasteiger partial charge >= 0.3 is 0 Å². The summed E-state index contributed by atoms with van der Waals surface area (Å²) < 4.78 is 25.0. The van der Waals surface area contributed by atoms with Crippen molar-refractivity contribution in [3.8, 4) is 0 Å². The Morgan fingerprint density at radius 3 is 0.796 bits per heavy atom. The predicted octanol–water partition coefficient (Wildman–Crippen LogP) is 13.4. The molecule has 0 aliphatic carbocycles. The minimum absolute atomic E-state index is 0.335. The van der Waals surface area contributed by atoms with Crippen molar-refractivity contribution in [3.63, 3.8) is 0 Å². The summed E-state index contributed by atoms with van der Waals surface area (Å²) in [5, 5.41) is 0. The van der Waals surface area contributed by atoms with E-state index in [0.717, 1.165) is 45.4 Å². The van der Waals surface area contributed by atoms with Gasteiger partial charge in [0.2, 0.25) is 0 Å². The first kappa shape index (κ1) is 48.5. The number of unbranched alkanes of at least 4 members (excludes halogenated alkanes) is 27. The smallest absolute Gasteiger partial charge is 0.122 e. The largest absolute Gasteiger partial charge is 0.381 e. The third-order valence-electron chi connectivity index (χ3n) is 9.94. The lowest BCUT2D eigenvalue weighted by Gasteiger charge is -2.33. The fourth-order valence-electron chi connectivity index (χ4n) is 6.61. The minimum Gasteiger partial charge on any atom is -0.381 e. The Bertz CT molecular complexity index is 543. The third-order valence-corrected chi connectivity index (χ3v) is 9.94. The molecule has 0 rings (SSSR count). The second-order valence-corrected chi connectivity index (χ2v) is 15.2. The maximum absolute atomic E-state index is 11.0. The topological polar surface area (TPSA) is 54.0 Å². The van der Waals surface area contributed by atoms with Crippen LogP contribution in [-0.4, -0.2) is 59.1 Å². The third kappa shape index (κ3) is 37.1. The number of carbonyl (C=O) groups excluding carboxylic acids is 1. The van der Waals surface area contributed by atoms with Crippen LogP contribution in [0.25, 0.3) is 0 Å². The summed E-state index contributed by atoms with van der Waals surface area (Å²) in [5.41, 5.74) is -0.335. The summed E-state index contributed by atoms with van der Waals surface area (Å²) in [6, 6.07) is 0. The zero-order valence-electron chi connectivity index (χ0n) is 33.7. The molecule has 0 aliphatic rings. The Morgan fingerprint density at radius 1 is 0.327 bits per heavy atom. The molecule has 0 aromatic rings. The van der Waals surface area contributed by atoms with Gasteiger partial charge in [-0.1, -0.05) is 194 Å². The summed E-state index contributed by atoms with van der Waals surface area (Å²) in [4.78, 5) is 11.0. The van der Waals surface area contributed by atoms with Crippen molar-refractivity contribution in [1.29, 1.82) is 0 Å². The first-order valence-corrected chi connectivity index (χ1v) is 22.0. The number of carbonyl (C=O) groups is 1. The van der Waals surface area contributed by atoms with E-state index in [2.05, 4.69) is 20.8 Å². The van der Waals surface area contributed by atoms with Crippen LogP contribution in [0.3, 0.4) is 0 Å². The van der Waals surface area contributed by atoms with Crippen molar-refractivity contribution < 1.29 is 23.7 Å². The van der Waals surface area contributed by atoms with E-state index in [1.807, 2.05) is 0 Å². The average Bonchev–Trinajstić information content (AvgIpc) is 3.11. The minimum atomic E-state index is -0.335. The molecule has 0 bridgehead atoms. The summed E-state index contributed by atoms with van der Waals surface area (Å²) in [6.45, 7) is 11.9. The van der Waals surface area contributed by atoms with Gasteiger partial charge in [-0.3, -0.25) is 0 Å². The van der Waals surface area contributed by atoms with Crippen LogP contribution in [0.4, 0.5) is 0 Å². The lowest BCUT2D eigenvalue weighted by Crippen LogP contribution is -2.42. The Kier molecular flexibility index (Phi) is 41.5. The summed E-state index contributed by atoms with van der Waals surface area (Å²) in [6.07, 6.45) is 41.2. The van der Waals surface area contributed by atoms with Crippen LogP contribution in [0.1, 0.15) is 220 Å². The molecule has 0 aromatic heterocycles. The molecule has 0 atom stereocenters. The van der Waals surface area contributed by atoms with E-state index >= 15 is 0 Å². The number of ether oxygens (including phenoxy) is 4. The van der Waals surface area contributed by atoms with Crippen LogP contribution >= 0.6 is 0 Å². The summed E-state index contributed by atoms with van der Waals surface area (Å²) in [5.74, 6) is 0.